The first-order valence-electron chi connectivity index (χ1n) is 5.65. The number of hydrogen-bond donors (Lipinski definition) is 2. The molecule has 0 heterocycles. The van der Waals surface area contributed by atoms with E-state index in [0.29, 0.717) is 13.0 Å². The molecule has 7 heteroatoms. The van der Waals surface area contributed by atoms with Crippen molar-refractivity contribution in [3.05, 3.63) is 10.1 Å². The number of carbonyl (C=O) groups is 1. The molecular formula is C10H22N2O5. The van der Waals surface area contributed by atoms with Crippen LogP contribution in [-0.2, 0) is 4.79 Å². The highest BCUT2D eigenvalue weighted by atomic mass is 16.7. The van der Waals surface area contributed by atoms with Gasteiger partial charge in [0.05, 0.1) is 6.54 Å². The first-order valence-corrected chi connectivity index (χ1v) is 5.65. The molecule has 0 radical (unpaired) electrons. The van der Waals surface area contributed by atoms with Crippen LogP contribution < -0.4 is 0 Å². The molecule has 0 aliphatic rings. The predicted octanol–water partition coefficient (Wildman–Crippen LogP) is 1.49. The van der Waals surface area contributed by atoms with Crippen LogP contribution in [-0.4, -0.2) is 39.0 Å². The van der Waals surface area contributed by atoms with Crippen molar-refractivity contribution in [3.8, 4) is 0 Å². The summed E-state index contributed by atoms with van der Waals surface area (Å²) in [5.74, 6) is -0.833. The van der Waals surface area contributed by atoms with E-state index >= 15 is 0 Å². The average Bonchev–Trinajstić information content (AvgIpc) is 2.17. The maximum atomic E-state index is 10.5. The summed E-state index contributed by atoms with van der Waals surface area (Å²) in [6.07, 6.45) is 1.89. The van der Waals surface area contributed by atoms with Crippen LogP contribution in [0.15, 0.2) is 0 Å². The Hall–Kier alpha value is -1.37. The molecule has 102 valence electrons. The molecule has 0 aromatic heterocycles. The van der Waals surface area contributed by atoms with Gasteiger partial charge in [0.2, 0.25) is 0 Å². The van der Waals surface area contributed by atoms with Gasteiger partial charge in [-0.15, -0.1) is 0 Å². The van der Waals surface area contributed by atoms with E-state index in [1.165, 1.54) is 0 Å². The van der Waals surface area contributed by atoms with E-state index in [0.717, 1.165) is 31.2 Å². The molecule has 7 nitrogen and oxygen atoms in total. The minimum Gasteiger partial charge on any atom is -0.481 e. The standard InChI is InChI=1S/C8H18N2O3.C2H4O2/c1-3-5-7-9(10(12)13)8(11)6-4-2;1-2(3)4/h8,11H,3-7H2,1-2H3;1H3,(H,3,4). The van der Waals surface area contributed by atoms with Crippen LogP contribution >= 0.6 is 0 Å². The number of unbranched alkanes of at least 4 members (excludes halogenated alkanes) is 1. The molecule has 0 aromatic carbocycles. The lowest BCUT2D eigenvalue weighted by Crippen LogP contribution is -2.40. The van der Waals surface area contributed by atoms with Gasteiger partial charge in [-0.25, -0.2) is 10.1 Å². The number of carboxylic acid groups (broad SMARTS) is 1. The second-order valence-electron chi connectivity index (χ2n) is 3.54. The van der Waals surface area contributed by atoms with Gasteiger partial charge >= 0.3 is 0 Å². The SMILES string of the molecule is CC(=O)O.CCCCN(C(O)CCC)[N+](=O)[O-]. The zero-order chi connectivity index (χ0) is 13.8. The van der Waals surface area contributed by atoms with Gasteiger partial charge in [-0.05, 0) is 12.8 Å². The number of hydrogen-bond acceptors (Lipinski definition) is 4. The first kappa shape index (κ1) is 18.0. The van der Waals surface area contributed by atoms with E-state index in [9.17, 15) is 15.2 Å². The quantitative estimate of drug-likeness (QED) is 0.403. The topological polar surface area (TPSA) is 104 Å². The molecule has 0 saturated carbocycles. The summed E-state index contributed by atoms with van der Waals surface area (Å²) in [5.41, 5.74) is 0. The summed E-state index contributed by atoms with van der Waals surface area (Å²) in [5, 5.41) is 27.7. The molecule has 0 bridgehead atoms. The van der Waals surface area contributed by atoms with Crippen LogP contribution in [0.1, 0.15) is 46.5 Å². The number of rotatable bonds is 7. The fourth-order valence-electron chi connectivity index (χ4n) is 1.07. The lowest BCUT2D eigenvalue weighted by Gasteiger charge is -2.19. The molecule has 0 fully saturated rings. The number of nitrogens with zero attached hydrogens (tertiary/aromatic N) is 2. The smallest absolute Gasteiger partial charge is 0.300 e. The van der Waals surface area contributed by atoms with Gasteiger partial charge in [0.15, 0.2) is 11.3 Å². The summed E-state index contributed by atoms with van der Waals surface area (Å²) in [4.78, 5) is 19.5. The molecule has 0 aromatic rings. The molecule has 2 N–H and O–H groups in total. The monoisotopic (exact) mass is 250 g/mol. The summed E-state index contributed by atoms with van der Waals surface area (Å²) >= 11 is 0. The molecule has 0 rings (SSSR count). The van der Waals surface area contributed by atoms with Crippen LogP contribution in [0.4, 0.5) is 0 Å². The highest BCUT2D eigenvalue weighted by molar-refractivity contribution is 5.62. The van der Waals surface area contributed by atoms with Crippen molar-refractivity contribution >= 4 is 5.97 Å². The predicted molar refractivity (Wildman–Crippen MR) is 62.8 cm³/mol. The van der Waals surface area contributed by atoms with Crippen molar-refractivity contribution in [1.29, 1.82) is 0 Å². The van der Waals surface area contributed by atoms with Crippen molar-refractivity contribution in [3.63, 3.8) is 0 Å². The lowest BCUT2D eigenvalue weighted by atomic mass is 10.3. The molecule has 0 saturated heterocycles. The molecule has 0 amide bonds. The number of aliphatic hydroxyl groups is 1. The second-order valence-corrected chi connectivity index (χ2v) is 3.54. The van der Waals surface area contributed by atoms with Gasteiger partial charge in [-0.3, -0.25) is 4.79 Å². The number of aliphatic carboxylic acids is 1. The van der Waals surface area contributed by atoms with Gasteiger partial charge in [0, 0.05) is 6.92 Å². The lowest BCUT2D eigenvalue weighted by molar-refractivity contribution is -0.675. The van der Waals surface area contributed by atoms with Crippen molar-refractivity contribution in [1.82, 2.24) is 5.01 Å². The fraction of sp³-hybridized carbons (Fsp3) is 0.900. The number of carboxylic acids is 1. The van der Waals surface area contributed by atoms with E-state index in [-0.39, 0.29) is 0 Å². The first-order chi connectivity index (χ1) is 7.86. The maximum Gasteiger partial charge on any atom is 0.300 e. The highest BCUT2D eigenvalue weighted by Gasteiger charge is 2.22. The maximum absolute atomic E-state index is 10.5. The second kappa shape index (κ2) is 11.1. The van der Waals surface area contributed by atoms with Crippen LogP contribution in [0.2, 0.25) is 0 Å². The summed E-state index contributed by atoms with van der Waals surface area (Å²) in [7, 11) is 0. The molecule has 0 spiro atoms. The van der Waals surface area contributed by atoms with Gasteiger partial charge in [0.25, 0.3) is 5.97 Å². The zero-order valence-corrected chi connectivity index (χ0v) is 10.6. The molecule has 0 aliphatic carbocycles. The van der Waals surface area contributed by atoms with Gasteiger partial charge < -0.3 is 10.2 Å². The van der Waals surface area contributed by atoms with E-state index in [4.69, 9.17) is 9.90 Å². The fourth-order valence-corrected chi connectivity index (χ4v) is 1.07. The minimum atomic E-state index is -0.938. The molecule has 1 unspecified atom stereocenters. The van der Waals surface area contributed by atoms with Crippen molar-refractivity contribution in [2.24, 2.45) is 0 Å². The zero-order valence-electron chi connectivity index (χ0n) is 10.6. The summed E-state index contributed by atoms with van der Waals surface area (Å²) in [6, 6.07) is 0. The van der Waals surface area contributed by atoms with Crippen LogP contribution in [0.3, 0.4) is 0 Å². The van der Waals surface area contributed by atoms with Crippen LogP contribution in [0.5, 0.6) is 0 Å². The molecule has 0 aliphatic heterocycles. The highest BCUT2D eigenvalue weighted by Crippen LogP contribution is 2.05. The van der Waals surface area contributed by atoms with Crippen LogP contribution in [0.25, 0.3) is 0 Å². The van der Waals surface area contributed by atoms with E-state index < -0.39 is 17.2 Å². The Morgan fingerprint density at radius 2 is 1.88 bits per heavy atom. The Morgan fingerprint density at radius 1 is 1.41 bits per heavy atom. The largest absolute Gasteiger partial charge is 0.481 e. The van der Waals surface area contributed by atoms with E-state index in [2.05, 4.69) is 0 Å². The third-order valence-electron chi connectivity index (χ3n) is 1.84. The number of aliphatic hydroxyl groups excluding tert-OH is 1. The number of nitro groups is 1. The molecule has 1 atom stereocenters. The molecular weight excluding hydrogens is 228 g/mol. The van der Waals surface area contributed by atoms with Gasteiger partial charge in [-0.1, -0.05) is 31.7 Å². The third kappa shape index (κ3) is 12.6. The van der Waals surface area contributed by atoms with Gasteiger partial charge in [0.1, 0.15) is 0 Å². The van der Waals surface area contributed by atoms with Crippen molar-refractivity contribution < 1.29 is 20.0 Å². The Labute approximate surface area is 101 Å². The van der Waals surface area contributed by atoms with Crippen LogP contribution in [0, 0.1) is 10.1 Å². The normalized spacial score (nSPS) is 11.1. The molecule has 17 heavy (non-hydrogen) atoms. The Bertz CT molecular complexity index is 219. The van der Waals surface area contributed by atoms with Gasteiger partial charge in [-0.2, -0.15) is 0 Å². The average molecular weight is 250 g/mol. The Kier molecular flexibility index (Phi) is 11.8. The Morgan fingerprint density at radius 3 is 2.18 bits per heavy atom. The Balaban J connectivity index is 0. The van der Waals surface area contributed by atoms with E-state index in [1.807, 2.05) is 13.8 Å². The van der Waals surface area contributed by atoms with E-state index in [1.54, 1.807) is 0 Å². The third-order valence-corrected chi connectivity index (χ3v) is 1.84. The van der Waals surface area contributed by atoms with Crippen molar-refractivity contribution in [2.45, 2.75) is 52.7 Å². The summed E-state index contributed by atoms with van der Waals surface area (Å²) in [6.45, 7) is 5.26. The number of hydrazine groups is 1. The van der Waals surface area contributed by atoms with Crippen molar-refractivity contribution in [2.75, 3.05) is 6.54 Å². The minimum absolute atomic E-state index is 0.324. The summed E-state index contributed by atoms with van der Waals surface area (Å²) < 4.78 is 0.